The highest BCUT2D eigenvalue weighted by molar-refractivity contribution is 9.09. The molecule has 0 aromatic carbocycles. The van der Waals surface area contributed by atoms with Crippen LogP contribution in [0.1, 0.15) is 39.5 Å². The SMILES string of the molecule is C=CC[C@@H]1CCC[C@@](O)(C(=O)CBr)C1(C)C. The Labute approximate surface area is 106 Å². The van der Waals surface area contributed by atoms with E-state index in [-0.39, 0.29) is 16.5 Å². The lowest BCUT2D eigenvalue weighted by molar-refractivity contribution is -0.163. The van der Waals surface area contributed by atoms with Crippen molar-refractivity contribution in [3.8, 4) is 0 Å². The molecule has 0 bridgehead atoms. The second-order valence-electron chi connectivity index (χ2n) is 5.25. The van der Waals surface area contributed by atoms with Crippen LogP contribution in [0, 0.1) is 11.3 Å². The Kier molecular flexibility index (Phi) is 4.35. The van der Waals surface area contributed by atoms with Crippen LogP contribution in [0.15, 0.2) is 12.7 Å². The second-order valence-corrected chi connectivity index (χ2v) is 5.81. The highest BCUT2D eigenvalue weighted by atomic mass is 79.9. The maximum absolute atomic E-state index is 11.9. The van der Waals surface area contributed by atoms with E-state index in [0.29, 0.717) is 12.3 Å². The number of carbonyl (C=O) groups excluding carboxylic acids is 1. The molecule has 3 heteroatoms. The monoisotopic (exact) mass is 288 g/mol. The van der Waals surface area contributed by atoms with Gasteiger partial charge in [0.25, 0.3) is 0 Å². The Morgan fingerprint density at radius 1 is 1.62 bits per heavy atom. The minimum atomic E-state index is -1.18. The lowest BCUT2D eigenvalue weighted by Gasteiger charge is -2.50. The molecule has 92 valence electrons. The summed E-state index contributed by atoms with van der Waals surface area (Å²) >= 11 is 3.17. The van der Waals surface area contributed by atoms with E-state index in [9.17, 15) is 9.90 Å². The molecular weight excluding hydrogens is 268 g/mol. The molecule has 1 aliphatic rings. The molecule has 1 N–H and O–H groups in total. The maximum Gasteiger partial charge on any atom is 0.175 e. The standard InChI is InChI=1S/C13H21BrO2/c1-4-6-10-7-5-8-13(16,11(15)9-14)12(10,2)3/h4,10,16H,1,5-9H2,2-3H3/t10-,13-/m1/s1. The Hall–Kier alpha value is -0.150. The molecule has 2 nitrogen and oxygen atoms in total. The number of rotatable bonds is 4. The number of alkyl halides is 1. The zero-order valence-electron chi connectivity index (χ0n) is 10.1. The zero-order chi connectivity index (χ0) is 12.4. The first kappa shape index (κ1) is 13.9. The summed E-state index contributed by atoms with van der Waals surface area (Å²) in [6.45, 7) is 7.76. The third-order valence-electron chi connectivity index (χ3n) is 4.21. The summed E-state index contributed by atoms with van der Waals surface area (Å²) in [5.74, 6) is 0.248. The minimum Gasteiger partial charge on any atom is -0.381 e. The zero-order valence-corrected chi connectivity index (χ0v) is 11.7. The topological polar surface area (TPSA) is 37.3 Å². The van der Waals surface area contributed by atoms with Gasteiger partial charge in [-0.2, -0.15) is 0 Å². The van der Waals surface area contributed by atoms with Crippen molar-refractivity contribution in [1.29, 1.82) is 0 Å². The number of allylic oxidation sites excluding steroid dienone is 1. The number of ketones is 1. The van der Waals surface area contributed by atoms with Crippen molar-refractivity contribution in [1.82, 2.24) is 0 Å². The number of halogens is 1. The molecule has 1 fully saturated rings. The van der Waals surface area contributed by atoms with Gasteiger partial charge in [-0.3, -0.25) is 4.79 Å². The molecule has 1 saturated carbocycles. The average Bonchev–Trinajstić information content (AvgIpc) is 2.24. The summed E-state index contributed by atoms with van der Waals surface area (Å²) in [6, 6.07) is 0. The highest BCUT2D eigenvalue weighted by Gasteiger charge is 2.53. The van der Waals surface area contributed by atoms with E-state index >= 15 is 0 Å². The van der Waals surface area contributed by atoms with Crippen LogP contribution in [0.25, 0.3) is 0 Å². The van der Waals surface area contributed by atoms with Crippen molar-refractivity contribution in [3.05, 3.63) is 12.7 Å². The van der Waals surface area contributed by atoms with Crippen molar-refractivity contribution < 1.29 is 9.90 Å². The van der Waals surface area contributed by atoms with Crippen LogP contribution in [0.2, 0.25) is 0 Å². The van der Waals surface area contributed by atoms with Crippen molar-refractivity contribution in [2.24, 2.45) is 11.3 Å². The van der Waals surface area contributed by atoms with E-state index in [0.717, 1.165) is 19.3 Å². The van der Waals surface area contributed by atoms with Crippen LogP contribution in [0.5, 0.6) is 0 Å². The van der Waals surface area contributed by atoms with Crippen LogP contribution in [-0.2, 0) is 4.79 Å². The predicted octanol–water partition coefficient (Wildman–Crippen LogP) is 3.08. The fourth-order valence-electron chi connectivity index (χ4n) is 2.85. The Balaban J connectivity index is 3.01. The number of carbonyl (C=O) groups is 1. The van der Waals surface area contributed by atoms with Gasteiger partial charge in [0, 0.05) is 5.41 Å². The van der Waals surface area contributed by atoms with Crippen molar-refractivity contribution in [3.63, 3.8) is 0 Å². The minimum absolute atomic E-state index is 0.0914. The van der Waals surface area contributed by atoms with E-state index in [4.69, 9.17) is 0 Å². The molecule has 0 aromatic rings. The number of Topliss-reactive ketones (excluding diaryl/α,β-unsaturated/α-hetero) is 1. The summed E-state index contributed by atoms with van der Waals surface area (Å²) < 4.78 is 0. The number of aliphatic hydroxyl groups is 1. The summed E-state index contributed by atoms with van der Waals surface area (Å²) in [7, 11) is 0. The molecule has 16 heavy (non-hydrogen) atoms. The van der Waals surface area contributed by atoms with Crippen molar-refractivity contribution >= 4 is 21.7 Å². The molecule has 0 aliphatic heterocycles. The summed E-state index contributed by atoms with van der Waals surface area (Å²) in [5, 5.41) is 10.9. The van der Waals surface area contributed by atoms with E-state index in [2.05, 4.69) is 22.5 Å². The number of hydrogen-bond acceptors (Lipinski definition) is 2. The van der Waals surface area contributed by atoms with E-state index in [1.807, 2.05) is 19.9 Å². The molecule has 0 heterocycles. The normalized spacial score (nSPS) is 33.4. The molecule has 0 spiro atoms. The lowest BCUT2D eigenvalue weighted by atomic mass is 9.57. The Morgan fingerprint density at radius 2 is 2.25 bits per heavy atom. The van der Waals surface area contributed by atoms with Gasteiger partial charge in [0.05, 0.1) is 5.33 Å². The first-order chi connectivity index (χ1) is 7.40. The molecular formula is C13H21BrO2. The molecule has 0 amide bonds. The summed E-state index contributed by atoms with van der Waals surface area (Å²) in [6.07, 6.45) is 5.31. The first-order valence-electron chi connectivity index (χ1n) is 5.82. The third kappa shape index (κ3) is 2.12. The largest absolute Gasteiger partial charge is 0.381 e. The second kappa shape index (κ2) is 5.01. The first-order valence-corrected chi connectivity index (χ1v) is 6.95. The van der Waals surface area contributed by atoms with Crippen LogP contribution in [0.4, 0.5) is 0 Å². The van der Waals surface area contributed by atoms with Gasteiger partial charge in [0.2, 0.25) is 0 Å². The van der Waals surface area contributed by atoms with Crippen LogP contribution in [0.3, 0.4) is 0 Å². The molecule has 0 unspecified atom stereocenters. The Morgan fingerprint density at radius 3 is 2.75 bits per heavy atom. The van der Waals surface area contributed by atoms with Gasteiger partial charge < -0.3 is 5.11 Å². The fraction of sp³-hybridized carbons (Fsp3) is 0.769. The van der Waals surface area contributed by atoms with Gasteiger partial charge in [0.15, 0.2) is 5.78 Å². The van der Waals surface area contributed by atoms with Gasteiger partial charge in [-0.25, -0.2) is 0 Å². The third-order valence-corrected chi connectivity index (χ3v) is 4.72. The van der Waals surface area contributed by atoms with Crippen LogP contribution in [-0.4, -0.2) is 21.8 Å². The molecule has 1 aliphatic carbocycles. The molecule has 0 aromatic heterocycles. The van der Waals surface area contributed by atoms with Gasteiger partial charge in [0.1, 0.15) is 5.60 Å². The summed E-state index contributed by atoms with van der Waals surface area (Å²) in [4.78, 5) is 11.9. The van der Waals surface area contributed by atoms with Crippen molar-refractivity contribution in [2.45, 2.75) is 45.1 Å². The Bertz CT molecular complexity index is 286. The number of hydrogen-bond donors (Lipinski definition) is 1. The van der Waals surface area contributed by atoms with Gasteiger partial charge in [-0.1, -0.05) is 35.9 Å². The fourth-order valence-corrected chi connectivity index (χ4v) is 3.31. The average molecular weight is 289 g/mol. The van der Waals surface area contributed by atoms with Gasteiger partial charge in [-0.05, 0) is 31.6 Å². The van der Waals surface area contributed by atoms with E-state index < -0.39 is 5.60 Å². The quantitative estimate of drug-likeness (QED) is 0.638. The smallest absolute Gasteiger partial charge is 0.175 e. The van der Waals surface area contributed by atoms with E-state index in [1.54, 1.807) is 0 Å². The van der Waals surface area contributed by atoms with Crippen LogP contribution < -0.4 is 0 Å². The predicted molar refractivity (Wildman–Crippen MR) is 69.7 cm³/mol. The van der Waals surface area contributed by atoms with Crippen molar-refractivity contribution in [2.75, 3.05) is 5.33 Å². The molecule has 0 saturated heterocycles. The molecule has 2 atom stereocenters. The van der Waals surface area contributed by atoms with Gasteiger partial charge >= 0.3 is 0 Å². The molecule has 0 radical (unpaired) electrons. The van der Waals surface area contributed by atoms with Crippen LogP contribution >= 0.6 is 15.9 Å². The summed E-state index contributed by atoms with van der Waals surface area (Å²) in [5.41, 5.74) is -1.55. The van der Waals surface area contributed by atoms with E-state index in [1.165, 1.54) is 0 Å². The highest BCUT2D eigenvalue weighted by Crippen LogP contribution is 2.49. The maximum atomic E-state index is 11.9. The van der Waals surface area contributed by atoms with Gasteiger partial charge in [-0.15, -0.1) is 6.58 Å². The molecule has 1 rings (SSSR count). The lowest BCUT2D eigenvalue weighted by Crippen LogP contribution is -2.57.